The minimum absolute atomic E-state index is 0.0203. The van der Waals surface area contributed by atoms with Gasteiger partial charge in [-0.25, -0.2) is 0 Å². The summed E-state index contributed by atoms with van der Waals surface area (Å²) in [4.78, 5) is 2.32. The molecule has 13 heavy (non-hydrogen) atoms. The summed E-state index contributed by atoms with van der Waals surface area (Å²) in [6.07, 6.45) is 2.67. The van der Waals surface area contributed by atoms with E-state index in [0.29, 0.717) is 0 Å². The molecule has 78 valence electrons. The van der Waals surface area contributed by atoms with Gasteiger partial charge < -0.3 is 9.64 Å². The highest BCUT2D eigenvalue weighted by atomic mass is 16.5. The van der Waals surface area contributed by atoms with Gasteiger partial charge in [-0.2, -0.15) is 0 Å². The molecular weight excluding hydrogens is 162 g/mol. The fourth-order valence-corrected chi connectivity index (χ4v) is 1.78. The third kappa shape index (κ3) is 3.28. The summed E-state index contributed by atoms with van der Waals surface area (Å²) in [6.45, 7) is 7.29. The van der Waals surface area contributed by atoms with Gasteiger partial charge in [-0.3, -0.25) is 0 Å². The van der Waals surface area contributed by atoms with Crippen LogP contribution in [0.25, 0.3) is 0 Å². The molecule has 0 N–H and O–H groups in total. The summed E-state index contributed by atoms with van der Waals surface area (Å²) in [5.74, 6) is 0.759. The van der Waals surface area contributed by atoms with Crippen LogP contribution in [0.3, 0.4) is 0 Å². The van der Waals surface area contributed by atoms with Crippen molar-refractivity contribution in [1.29, 1.82) is 0 Å². The lowest BCUT2D eigenvalue weighted by Gasteiger charge is -2.42. The maximum Gasteiger partial charge on any atom is 0.0598 e. The maximum absolute atomic E-state index is 5.79. The third-order valence-electron chi connectivity index (χ3n) is 2.77. The van der Waals surface area contributed by atoms with Crippen LogP contribution >= 0.6 is 0 Å². The molecule has 0 aromatic carbocycles. The molecular formula is C11H23NO. The van der Waals surface area contributed by atoms with Crippen molar-refractivity contribution in [2.24, 2.45) is 5.92 Å². The van der Waals surface area contributed by atoms with E-state index in [4.69, 9.17) is 4.74 Å². The van der Waals surface area contributed by atoms with Crippen molar-refractivity contribution in [1.82, 2.24) is 4.90 Å². The van der Waals surface area contributed by atoms with Crippen molar-refractivity contribution in [3.63, 3.8) is 0 Å². The highest BCUT2D eigenvalue weighted by molar-refractivity contribution is 4.86. The largest absolute Gasteiger partial charge is 0.376 e. The van der Waals surface area contributed by atoms with Gasteiger partial charge in [0.1, 0.15) is 0 Å². The van der Waals surface area contributed by atoms with Crippen molar-refractivity contribution in [2.45, 2.75) is 45.3 Å². The lowest BCUT2D eigenvalue weighted by molar-refractivity contribution is -0.0578. The molecule has 1 rings (SSSR count). The molecule has 0 saturated heterocycles. The molecule has 1 aliphatic rings. The molecule has 1 saturated carbocycles. The Labute approximate surface area is 82.3 Å². The van der Waals surface area contributed by atoms with Crippen LogP contribution in [-0.4, -0.2) is 37.2 Å². The van der Waals surface area contributed by atoms with E-state index < -0.39 is 0 Å². The summed E-state index contributed by atoms with van der Waals surface area (Å²) in [5.41, 5.74) is 0.0203. The number of ether oxygens (including phenoxy) is 1. The second-order valence-electron chi connectivity index (χ2n) is 5.29. The highest BCUT2D eigenvalue weighted by Gasteiger charge is 2.33. The van der Waals surface area contributed by atoms with Gasteiger partial charge in [0.2, 0.25) is 0 Å². The van der Waals surface area contributed by atoms with E-state index in [-0.39, 0.29) is 5.60 Å². The monoisotopic (exact) mass is 185 g/mol. The van der Waals surface area contributed by atoms with Crippen LogP contribution in [0.2, 0.25) is 0 Å². The lowest BCUT2D eigenvalue weighted by atomic mass is 9.79. The topological polar surface area (TPSA) is 12.5 Å². The summed E-state index contributed by atoms with van der Waals surface area (Å²) in [6, 6.07) is 0.752. The molecule has 0 radical (unpaired) electrons. The Hall–Kier alpha value is -0.0800. The molecule has 2 atom stereocenters. The van der Waals surface area contributed by atoms with E-state index in [0.717, 1.165) is 18.6 Å². The van der Waals surface area contributed by atoms with E-state index in [1.807, 2.05) is 0 Å². The number of rotatable bonds is 3. The normalized spacial score (nSPS) is 29.1. The Morgan fingerprint density at radius 1 is 1.23 bits per heavy atom. The van der Waals surface area contributed by atoms with Gasteiger partial charge in [0.25, 0.3) is 0 Å². The van der Waals surface area contributed by atoms with Crippen LogP contribution in [0.5, 0.6) is 0 Å². The van der Waals surface area contributed by atoms with Gasteiger partial charge in [-0.1, -0.05) is 0 Å². The number of nitrogens with zero attached hydrogens (tertiary/aromatic N) is 1. The Balaban J connectivity index is 2.23. The Morgan fingerprint density at radius 2 is 1.85 bits per heavy atom. The molecule has 2 unspecified atom stereocenters. The average Bonchev–Trinajstić information content (AvgIpc) is 1.79. The first-order chi connectivity index (χ1) is 5.90. The Kier molecular flexibility index (Phi) is 3.36. The molecule has 1 aliphatic carbocycles. The van der Waals surface area contributed by atoms with Crippen molar-refractivity contribution >= 4 is 0 Å². The predicted molar refractivity (Wildman–Crippen MR) is 55.9 cm³/mol. The first-order valence-corrected chi connectivity index (χ1v) is 5.20. The van der Waals surface area contributed by atoms with Crippen LogP contribution in [0.15, 0.2) is 0 Å². The van der Waals surface area contributed by atoms with Gasteiger partial charge in [-0.05, 0) is 53.6 Å². The zero-order chi connectivity index (χ0) is 10.1. The minimum Gasteiger partial charge on any atom is -0.376 e. The second kappa shape index (κ2) is 3.97. The van der Waals surface area contributed by atoms with Crippen LogP contribution in [0.4, 0.5) is 0 Å². The first kappa shape index (κ1) is 11.0. The van der Waals surface area contributed by atoms with Crippen molar-refractivity contribution in [3.8, 4) is 0 Å². The van der Waals surface area contributed by atoms with E-state index in [1.165, 1.54) is 12.8 Å². The van der Waals surface area contributed by atoms with Gasteiger partial charge in [0, 0.05) is 6.04 Å². The zero-order valence-corrected chi connectivity index (χ0v) is 9.63. The molecule has 0 spiro atoms. The van der Waals surface area contributed by atoms with Crippen molar-refractivity contribution in [2.75, 3.05) is 20.7 Å². The van der Waals surface area contributed by atoms with Gasteiger partial charge in [0.05, 0.1) is 12.2 Å². The molecule has 0 aliphatic heterocycles. The van der Waals surface area contributed by atoms with E-state index in [2.05, 4.69) is 39.8 Å². The minimum atomic E-state index is 0.0203. The fourth-order valence-electron chi connectivity index (χ4n) is 1.78. The number of hydrogen-bond donors (Lipinski definition) is 0. The van der Waals surface area contributed by atoms with Crippen molar-refractivity contribution < 1.29 is 4.74 Å². The van der Waals surface area contributed by atoms with Gasteiger partial charge in [-0.15, -0.1) is 0 Å². The summed E-state index contributed by atoms with van der Waals surface area (Å²) < 4.78 is 5.79. The molecule has 0 bridgehead atoms. The van der Waals surface area contributed by atoms with E-state index in [1.54, 1.807) is 0 Å². The summed E-state index contributed by atoms with van der Waals surface area (Å²) in [5, 5.41) is 0. The standard InChI is InChI=1S/C11H23NO/c1-11(2,3)13-8-9-6-7-10(9)12(4)5/h9-10H,6-8H2,1-5H3. The molecule has 2 nitrogen and oxygen atoms in total. The van der Waals surface area contributed by atoms with E-state index >= 15 is 0 Å². The van der Waals surface area contributed by atoms with Gasteiger partial charge >= 0.3 is 0 Å². The first-order valence-electron chi connectivity index (χ1n) is 5.20. The Bertz CT molecular complexity index is 160. The van der Waals surface area contributed by atoms with Crippen LogP contribution in [0.1, 0.15) is 33.6 Å². The summed E-state index contributed by atoms with van der Waals surface area (Å²) >= 11 is 0. The molecule has 0 aromatic rings. The highest BCUT2D eigenvalue weighted by Crippen LogP contribution is 2.31. The average molecular weight is 185 g/mol. The van der Waals surface area contributed by atoms with Crippen LogP contribution in [-0.2, 0) is 4.74 Å². The number of hydrogen-bond acceptors (Lipinski definition) is 2. The molecule has 0 amide bonds. The SMILES string of the molecule is CN(C)C1CCC1COC(C)(C)C. The van der Waals surface area contributed by atoms with Crippen LogP contribution < -0.4 is 0 Å². The summed E-state index contributed by atoms with van der Waals surface area (Å²) in [7, 11) is 4.32. The lowest BCUT2D eigenvalue weighted by Crippen LogP contribution is -2.46. The molecule has 2 heteroatoms. The van der Waals surface area contributed by atoms with E-state index in [9.17, 15) is 0 Å². The Morgan fingerprint density at radius 3 is 2.15 bits per heavy atom. The quantitative estimate of drug-likeness (QED) is 0.668. The third-order valence-corrected chi connectivity index (χ3v) is 2.77. The van der Waals surface area contributed by atoms with Crippen LogP contribution in [0, 0.1) is 5.92 Å². The zero-order valence-electron chi connectivity index (χ0n) is 9.63. The molecule has 0 heterocycles. The maximum atomic E-state index is 5.79. The molecule has 0 aromatic heterocycles. The van der Waals surface area contributed by atoms with Gasteiger partial charge in [0.15, 0.2) is 0 Å². The molecule has 1 fully saturated rings. The second-order valence-corrected chi connectivity index (χ2v) is 5.29. The smallest absolute Gasteiger partial charge is 0.0598 e. The van der Waals surface area contributed by atoms with Crippen molar-refractivity contribution in [3.05, 3.63) is 0 Å². The predicted octanol–water partition coefficient (Wildman–Crippen LogP) is 2.14. The fraction of sp³-hybridized carbons (Fsp3) is 1.00.